The zero-order valence-electron chi connectivity index (χ0n) is 7.92. The van der Waals surface area contributed by atoms with Crippen LogP contribution in [0.15, 0.2) is 6.07 Å². The van der Waals surface area contributed by atoms with Gasteiger partial charge in [-0.2, -0.15) is 0 Å². The number of rotatable bonds is 1. The lowest BCUT2D eigenvalue weighted by molar-refractivity contribution is -0.385. The summed E-state index contributed by atoms with van der Waals surface area (Å²) in [5, 5.41) is 10.6. The van der Waals surface area contributed by atoms with Gasteiger partial charge in [-0.15, -0.1) is 0 Å². The molecular formula is C9H12N2O2. The third kappa shape index (κ3) is 1.47. The summed E-state index contributed by atoms with van der Waals surface area (Å²) >= 11 is 0. The first-order chi connectivity index (χ1) is 5.95. The predicted octanol–water partition coefficient (Wildman–Crippen LogP) is 2.10. The van der Waals surface area contributed by atoms with Gasteiger partial charge in [0.25, 0.3) is 5.69 Å². The summed E-state index contributed by atoms with van der Waals surface area (Å²) in [5.74, 6) is 0. The van der Waals surface area contributed by atoms with Crippen molar-refractivity contribution in [1.29, 1.82) is 0 Å². The van der Waals surface area contributed by atoms with Gasteiger partial charge in [-0.25, -0.2) is 0 Å². The fourth-order valence-corrected chi connectivity index (χ4v) is 1.24. The van der Waals surface area contributed by atoms with Gasteiger partial charge in [-0.3, -0.25) is 10.1 Å². The van der Waals surface area contributed by atoms with Crippen LogP contribution in [0.4, 0.5) is 11.4 Å². The lowest BCUT2D eigenvalue weighted by Crippen LogP contribution is -2.00. The fraction of sp³-hybridized carbons (Fsp3) is 0.333. The Morgan fingerprint density at radius 3 is 2.23 bits per heavy atom. The van der Waals surface area contributed by atoms with Gasteiger partial charge < -0.3 is 5.73 Å². The molecule has 0 aliphatic heterocycles. The maximum Gasteiger partial charge on any atom is 0.274 e. The molecule has 0 saturated heterocycles. The van der Waals surface area contributed by atoms with Crippen LogP contribution in [-0.4, -0.2) is 4.92 Å². The third-order valence-corrected chi connectivity index (χ3v) is 2.43. The molecule has 1 aromatic rings. The van der Waals surface area contributed by atoms with E-state index in [-0.39, 0.29) is 5.69 Å². The smallest absolute Gasteiger partial charge is 0.274 e. The number of nitrogen functional groups attached to an aromatic ring is 1. The SMILES string of the molecule is Cc1c(N)cc([N+](=O)[O-])c(C)c1C. The van der Waals surface area contributed by atoms with Crippen molar-refractivity contribution in [3.63, 3.8) is 0 Å². The van der Waals surface area contributed by atoms with Crippen molar-refractivity contribution in [1.82, 2.24) is 0 Å². The molecular weight excluding hydrogens is 168 g/mol. The normalized spacial score (nSPS) is 10.1. The van der Waals surface area contributed by atoms with Crippen molar-refractivity contribution >= 4 is 11.4 Å². The summed E-state index contributed by atoms with van der Waals surface area (Å²) in [6, 6.07) is 1.41. The van der Waals surface area contributed by atoms with E-state index in [1.54, 1.807) is 6.92 Å². The maximum absolute atomic E-state index is 10.6. The quantitative estimate of drug-likeness (QED) is 0.408. The first-order valence-electron chi connectivity index (χ1n) is 3.95. The van der Waals surface area contributed by atoms with Crippen LogP contribution in [-0.2, 0) is 0 Å². The molecule has 4 nitrogen and oxygen atoms in total. The van der Waals surface area contributed by atoms with Crippen LogP contribution >= 0.6 is 0 Å². The Morgan fingerprint density at radius 1 is 1.23 bits per heavy atom. The van der Waals surface area contributed by atoms with Gasteiger partial charge in [0.05, 0.1) is 4.92 Å². The molecule has 0 bridgehead atoms. The zero-order valence-corrected chi connectivity index (χ0v) is 7.92. The summed E-state index contributed by atoms with van der Waals surface area (Å²) in [6.07, 6.45) is 0. The van der Waals surface area contributed by atoms with Crippen molar-refractivity contribution < 1.29 is 4.92 Å². The van der Waals surface area contributed by atoms with Crippen LogP contribution in [0.2, 0.25) is 0 Å². The molecule has 0 aliphatic carbocycles. The highest BCUT2D eigenvalue weighted by molar-refractivity contribution is 5.61. The third-order valence-electron chi connectivity index (χ3n) is 2.43. The molecule has 0 spiro atoms. The number of nitro benzene ring substituents is 1. The van der Waals surface area contributed by atoms with Gasteiger partial charge in [0, 0.05) is 17.3 Å². The lowest BCUT2D eigenvalue weighted by Gasteiger charge is -2.07. The molecule has 0 fully saturated rings. The first-order valence-corrected chi connectivity index (χ1v) is 3.95. The topological polar surface area (TPSA) is 69.2 Å². The van der Waals surface area contributed by atoms with Crippen molar-refractivity contribution in [2.75, 3.05) is 5.73 Å². The minimum atomic E-state index is -0.405. The van der Waals surface area contributed by atoms with E-state index in [0.29, 0.717) is 11.3 Å². The van der Waals surface area contributed by atoms with E-state index in [0.717, 1.165) is 11.1 Å². The van der Waals surface area contributed by atoms with Gasteiger partial charge >= 0.3 is 0 Å². The van der Waals surface area contributed by atoms with E-state index in [4.69, 9.17) is 5.73 Å². The second-order valence-corrected chi connectivity index (χ2v) is 3.12. The minimum Gasteiger partial charge on any atom is -0.398 e. The van der Waals surface area contributed by atoms with Gasteiger partial charge in [0.2, 0.25) is 0 Å². The first kappa shape index (κ1) is 9.51. The average molecular weight is 180 g/mol. The standard InChI is InChI=1S/C9H12N2O2/c1-5-6(2)8(10)4-9(7(5)3)11(12)13/h4H,10H2,1-3H3. The second-order valence-electron chi connectivity index (χ2n) is 3.12. The monoisotopic (exact) mass is 180 g/mol. The number of nitrogens with two attached hydrogens (primary N) is 1. The predicted molar refractivity (Wildman–Crippen MR) is 51.7 cm³/mol. The van der Waals surface area contributed by atoms with Gasteiger partial charge in [0.1, 0.15) is 0 Å². The van der Waals surface area contributed by atoms with Gasteiger partial charge in [-0.05, 0) is 31.9 Å². The molecule has 0 heterocycles. The van der Waals surface area contributed by atoms with Crippen molar-refractivity contribution in [2.45, 2.75) is 20.8 Å². The van der Waals surface area contributed by atoms with E-state index < -0.39 is 4.92 Å². The molecule has 1 rings (SSSR count). The van der Waals surface area contributed by atoms with E-state index in [2.05, 4.69) is 0 Å². The molecule has 13 heavy (non-hydrogen) atoms. The van der Waals surface area contributed by atoms with Crippen molar-refractivity contribution in [2.24, 2.45) is 0 Å². The van der Waals surface area contributed by atoms with E-state index in [1.807, 2.05) is 13.8 Å². The second kappa shape index (κ2) is 3.05. The number of benzene rings is 1. The molecule has 70 valence electrons. The van der Waals surface area contributed by atoms with Crippen LogP contribution < -0.4 is 5.73 Å². The fourth-order valence-electron chi connectivity index (χ4n) is 1.24. The summed E-state index contributed by atoms with van der Waals surface area (Å²) in [6.45, 7) is 5.44. The summed E-state index contributed by atoms with van der Waals surface area (Å²) in [5.41, 5.74) is 8.71. The summed E-state index contributed by atoms with van der Waals surface area (Å²) in [7, 11) is 0. The largest absolute Gasteiger partial charge is 0.398 e. The van der Waals surface area contributed by atoms with Crippen LogP contribution in [0.3, 0.4) is 0 Å². The average Bonchev–Trinajstić information content (AvgIpc) is 2.07. The number of hydrogen-bond donors (Lipinski definition) is 1. The van der Waals surface area contributed by atoms with Crippen LogP contribution in [0.1, 0.15) is 16.7 Å². The van der Waals surface area contributed by atoms with E-state index >= 15 is 0 Å². The Morgan fingerprint density at radius 2 is 1.77 bits per heavy atom. The van der Waals surface area contributed by atoms with E-state index in [1.165, 1.54) is 6.07 Å². The van der Waals surface area contributed by atoms with E-state index in [9.17, 15) is 10.1 Å². The number of nitro groups is 1. The van der Waals surface area contributed by atoms with Crippen molar-refractivity contribution in [3.05, 3.63) is 32.9 Å². The molecule has 0 saturated carbocycles. The molecule has 0 aliphatic rings. The molecule has 0 radical (unpaired) electrons. The number of anilines is 1. The molecule has 0 amide bonds. The highest BCUT2D eigenvalue weighted by Gasteiger charge is 2.15. The molecule has 0 atom stereocenters. The number of hydrogen-bond acceptors (Lipinski definition) is 3. The van der Waals surface area contributed by atoms with Crippen LogP contribution in [0, 0.1) is 30.9 Å². The molecule has 1 aromatic carbocycles. The Balaban J connectivity index is 3.50. The molecule has 0 aromatic heterocycles. The molecule has 0 unspecified atom stereocenters. The number of nitrogens with zero attached hydrogens (tertiary/aromatic N) is 1. The summed E-state index contributed by atoms with van der Waals surface area (Å²) < 4.78 is 0. The Kier molecular flexibility index (Phi) is 2.23. The van der Waals surface area contributed by atoms with Crippen LogP contribution in [0.25, 0.3) is 0 Å². The Bertz CT molecular complexity index is 372. The zero-order chi connectivity index (χ0) is 10.2. The maximum atomic E-state index is 10.6. The summed E-state index contributed by atoms with van der Waals surface area (Å²) in [4.78, 5) is 10.2. The highest BCUT2D eigenvalue weighted by atomic mass is 16.6. The molecule has 2 N–H and O–H groups in total. The minimum absolute atomic E-state index is 0.0978. The van der Waals surface area contributed by atoms with Gasteiger partial charge in [-0.1, -0.05) is 0 Å². The highest BCUT2D eigenvalue weighted by Crippen LogP contribution is 2.28. The van der Waals surface area contributed by atoms with Crippen molar-refractivity contribution in [3.8, 4) is 0 Å². The molecule has 4 heteroatoms. The Hall–Kier alpha value is -1.58. The van der Waals surface area contributed by atoms with Gasteiger partial charge in [0.15, 0.2) is 0 Å². The Labute approximate surface area is 76.5 Å². The lowest BCUT2D eigenvalue weighted by atomic mass is 10.0. The van der Waals surface area contributed by atoms with Crippen LogP contribution in [0.5, 0.6) is 0 Å².